The number of carbonyl (C=O) groups is 1. The minimum atomic E-state index is -0.288. The molecule has 0 spiro atoms. The molecule has 132 valence electrons. The standard InChI is InChI=1S/C19H17ClN4O2/c1-12-2-8-15(9-3-12)21-19(25)18-16-11-26-17(10-24(16)23-22-18)13-4-6-14(20)7-5-13/h2-9,17H,10-11H2,1H3,(H,21,25). The van der Waals surface area contributed by atoms with Gasteiger partial charge in [0.1, 0.15) is 6.10 Å². The summed E-state index contributed by atoms with van der Waals surface area (Å²) in [5.74, 6) is -0.288. The number of carbonyl (C=O) groups excluding carboxylic acids is 1. The van der Waals surface area contributed by atoms with Crippen molar-refractivity contribution in [2.75, 3.05) is 5.32 Å². The molecule has 1 atom stereocenters. The van der Waals surface area contributed by atoms with Gasteiger partial charge in [-0.25, -0.2) is 4.68 Å². The van der Waals surface area contributed by atoms with Gasteiger partial charge in [0.25, 0.3) is 5.91 Å². The third-order valence-corrected chi connectivity index (χ3v) is 4.62. The summed E-state index contributed by atoms with van der Waals surface area (Å²) in [4.78, 5) is 12.5. The highest BCUT2D eigenvalue weighted by Crippen LogP contribution is 2.28. The summed E-state index contributed by atoms with van der Waals surface area (Å²) in [6.07, 6.45) is -0.144. The van der Waals surface area contributed by atoms with Gasteiger partial charge in [0.15, 0.2) is 5.69 Å². The van der Waals surface area contributed by atoms with Crippen LogP contribution in [-0.4, -0.2) is 20.9 Å². The van der Waals surface area contributed by atoms with Crippen LogP contribution < -0.4 is 5.32 Å². The van der Waals surface area contributed by atoms with Crippen molar-refractivity contribution in [1.29, 1.82) is 0 Å². The quantitative estimate of drug-likeness (QED) is 0.764. The van der Waals surface area contributed by atoms with Crippen molar-refractivity contribution in [1.82, 2.24) is 15.0 Å². The van der Waals surface area contributed by atoms with Gasteiger partial charge in [0.2, 0.25) is 0 Å². The lowest BCUT2D eigenvalue weighted by Gasteiger charge is -2.24. The SMILES string of the molecule is Cc1ccc(NC(=O)c2nnn3c2COC(c2ccc(Cl)cc2)C3)cc1. The van der Waals surface area contributed by atoms with Crippen molar-refractivity contribution < 1.29 is 9.53 Å². The molecule has 0 bridgehead atoms. The average Bonchev–Trinajstić information content (AvgIpc) is 3.07. The molecule has 0 saturated carbocycles. The number of hydrogen-bond acceptors (Lipinski definition) is 4. The number of aryl methyl sites for hydroxylation is 1. The van der Waals surface area contributed by atoms with E-state index in [-0.39, 0.29) is 18.6 Å². The molecule has 1 aliphatic heterocycles. The normalized spacial score (nSPS) is 16.2. The predicted molar refractivity (Wildman–Crippen MR) is 98.1 cm³/mol. The fourth-order valence-corrected chi connectivity index (χ4v) is 3.02. The Kier molecular flexibility index (Phi) is 4.44. The number of nitrogens with zero attached hydrogens (tertiary/aromatic N) is 3. The van der Waals surface area contributed by atoms with E-state index >= 15 is 0 Å². The van der Waals surface area contributed by atoms with Crippen LogP contribution in [0.3, 0.4) is 0 Å². The molecule has 3 aromatic rings. The van der Waals surface area contributed by atoms with Gasteiger partial charge in [0.05, 0.1) is 18.8 Å². The van der Waals surface area contributed by atoms with Gasteiger partial charge >= 0.3 is 0 Å². The van der Waals surface area contributed by atoms with E-state index in [1.54, 1.807) is 4.68 Å². The van der Waals surface area contributed by atoms with Crippen LogP contribution in [0.4, 0.5) is 5.69 Å². The molecule has 1 amide bonds. The molecule has 0 aliphatic carbocycles. The van der Waals surface area contributed by atoms with Crippen LogP contribution in [0.1, 0.15) is 33.4 Å². The van der Waals surface area contributed by atoms with Gasteiger partial charge < -0.3 is 10.1 Å². The number of fused-ring (bicyclic) bond motifs is 1. The number of benzene rings is 2. The maximum Gasteiger partial charge on any atom is 0.278 e. The number of nitrogens with one attached hydrogen (secondary N) is 1. The lowest BCUT2D eigenvalue weighted by Crippen LogP contribution is -2.24. The van der Waals surface area contributed by atoms with Crippen molar-refractivity contribution in [2.45, 2.75) is 26.2 Å². The van der Waals surface area contributed by atoms with Crippen molar-refractivity contribution >= 4 is 23.2 Å². The maximum absolute atomic E-state index is 12.5. The zero-order valence-electron chi connectivity index (χ0n) is 14.1. The topological polar surface area (TPSA) is 69.0 Å². The molecule has 1 unspecified atom stereocenters. The molecule has 26 heavy (non-hydrogen) atoms. The summed E-state index contributed by atoms with van der Waals surface area (Å²) in [5.41, 5.74) is 3.84. The van der Waals surface area contributed by atoms with E-state index in [2.05, 4.69) is 15.6 Å². The number of amides is 1. The van der Waals surface area contributed by atoms with Gasteiger partial charge in [-0.05, 0) is 36.8 Å². The fraction of sp³-hybridized carbons (Fsp3) is 0.211. The van der Waals surface area contributed by atoms with Crippen LogP contribution in [-0.2, 0) is 17.9 Å². The highest BCUT2D eigenvalue weighted by atomic mass is 35.5. The first-order chi connectivity index (χ1) is 12.6. The highest BCUT2D eigenvalue weighted by Gasteiger charge is 2.27. The van der Waals surface area contributed by atoms with E-state index in [0.717, 1.165) is 16.8 Å². The van der Waals surface area contributed by atoms with Crippen molar-refractivity contribution in [3.8, 4) is 0 Å². The minimum Gasteiger partial charge on any atom is -0.365 e. The zero-order chi connectivity index (χ0) is 18.1. The second-order valence-corrected chi connectivity index (χ2v) is 6.67. The monoisotopic (exact) mass is 368 g/mol. The molecule has 1 aromatic heterocycles. The molecule has 2 aromatic carbocycles. The lowest BCUT2D eigenvalue weighted by atomic mass is 10.1. The lowest BCUT2D eigenvalue weighted by molar-refractivity contribution is -0.00171. The van der Waals surface area contributed by atoms with E-state index < -0.39 is 0 Å². The molecule has 0 fully saturated rings. The predicted octanol–water partition coefficient (Wildman–Crippen LogP) is 3.76. The number of hydrogen-bond donors (Lipinski definition) is 1. The smallest absolute Gasteiger partial charge is 0.278 e. The number of anilines is 1. The number of rotatable bonds is 3. The number of ether oxygens (including phenoxy) is 1. The van der Waals surface area contributed by atoms with E-state index in [9.17, 15) is 4.79 Å². The van der Waals surface area contributed by atoms with Gasteiger partial charge in [-0.3, -0.25) is 4.79 Å². The summed E-state index contributed by atoms with van der Waals surface area (Å²) in [5, 5.41) is 11.7. The molecule has 0 saturated heterocycles. The Morgan fingerprint density at radius 2 is 1.92 bits per heavy atom. The molecule has 1 aliphatic rings. The van der Waals surface area contributed by atoms with E-state index in [1.165, 1.54) is 0 Å². The fourth-order valence-electron chi connectivity index (χ4n) is 2.89. The molecular formula is C19H17ClN4O2. The van der Waals surface area contributed by atoms with Crippen molar-refractivity contribution in [3.05, 3.63) is 76.1 Å². The first-order valence-corrected chi connectivity index (χ1v) is 8.65. The average molecular weight is 369 g/mol. The van der Waals surface area contributed by atoms with Crippen LogP contribution >= 0.6 is 11.6 Å². The molecule has 1 N–H and O–H groups in total. The Morgan fingerprint density at radius 1 is 1.19 bits per heavy atom. The van der Waals surface area contributed by atoms with Gasteiger partial charge in [-0.15, -0.1) is 5.10 Å². The summed E-state index contributed by atoms with van der Waals surface area (Å²) >= 11 is 5.93. The van der Waals surface area contributed by atoms with E-state index in [4.69, 9.17) is 16.3 Å². The van der Waals surface area contributed by atoms with Crippen LogP contribution in [0.15, 0.2) is 48.5 Å². The summed E-state index contributed by atoms with van der Waals surface area (Å²) in [6, 6.07) is 15.1. The molecule has 6 nitrogen and oxygen atoms in total. The molecule has 2 heterocycles. The molecule has 4 rings (SSSR count). The third-order valence-electron chi connectivity index (χ3n) is 4.36. The van der Waals surface area contributed by atoms with Gasteiger partial charge in [-0.1, -0.05) is 46.6 Å². The summed E-state index contributed by atoms with van der Waals surface area (Å²) in [6.45, 7) is 2.77. The Balaban J connectivity index is 1.51. The minimum absolute atomic E-state index is 0.144. The van der Waals surface area contributed by atoms with E-state index in [1.807, 2.05) is 55.5 Å². The largest absolute Gasteiger partial charge is 0.365 e. The molecular weight excluding hydrogens is 352 g/mol. The number of aromatic nitrogens is 3. The maximum atomic E-state index is 12.5. The Bertz CT molecular complexity index is 935. The van der Waals surface area contributed by atoms with Crippen molar-refractivity contribution in [2.24, 2.45) is 0 Å². The van der Waals surface area contributed by atoms with Gasteiger partial charge in [0, 0.05) is 10.7 Å². The zero-order valence-corrected chi connectivity index (χ0v) is 14.9. The Labute approximate surface area is 155 Å². The Morgan fingerprint density at radius 3 is 2.65 bits per heavy atom. The van der Waals surface area contributed by atoms with Crippen molar-refractivity contribution in [3.63, 3.8) is 0 Å². The van der Waals surface area contributed by atoms with Crippen LogP contribution in [0.2, 0.25) is 5.02 Å². The second kappa shape index (κ2) is 6.90. The van der Waals surface area contributed by atoms with Gasteiger partial charge in [-0.2, -0.15) is 0 Å². The summed E-state index contributed by atoms with van der Waals surface area (Å²) in [7, 11) is 0. The highest BCUT2D eigenvalue weighted by molar-refractivity contribution is 6.30. The number of halogens is 1. The molecule has 7 heteroatoms. The van der Waals surface area contributed by atoms with Crippen LogP contribution in [0.5, 0.6) is 0 Å². The first kappa shape index (κ1) is 16.8. The molecule has 0 radical (unpaired) electrons. The van der Waals surface area contributed by atoms with Crippen LogP contribution in [0, 0.1) is 6.92 Å². The first-order valence-electron chi connectivity index (χ1n) is 8.27. The summed E-state index contributed by atoms with van der Waals surface area (Å²) < 4.78 is 7.65. The van der Waals surface area contributed by atoms with E-state index in [0.29, 0.717) is 23.0 Å². The second-order valence-electron chi connectivity index (χ2n) is 6.24. The third kappa shape index (κ3) is 3.34. The van der Waals surface area contributed by atoms with Crippen LogP contribution in [0.25, 0.3) is 0 Å². The Hall–Kier alpha value is -2.70.